The first-order chi connectivity index (χ1) is 11.3. The van der Waals surface area contributed by atoms with Crippen molar-refractivity contribution >= 4 is 11.6 Å². The summed E-state index contributed by atoms with van der Waals surface area (Å²) in [6.45, 7) is 4.24. The van der Waals surface area contributed by atoms with Gasteiger partial charge in [-0.1, -0.05) is 13.8 Å². The van der Waals surface area contributed by atoms with Crippen molar-refractivity contribution in [3.63, 3.8) is 0 Å². The predicted octanol–water partition coefficient (Wildman–Crippen LogP) is 4.93. The first-order valence-electron chi connectivity index (χ1n) is 9.36. The fraction of sp³-hybridized carbons (Fsp3) is 0.800. The van der Waals surface area contributed by atoms with Crippen LogP contribution < -0.4 is 0 Å². The van der Waals surface area contributed by atoms with Crippen molar-refractivity contribution in [2.24, 2.45) is 34.5 Å². The Balaban J connectivity index is 1.79. The van der Waals surface area contributed by atoms with E-state index in [0.717, 1.165) is 25.7 Å². The third-order valence-electron chi connectivity index (χ3n) is 8.29. The number of carbonyl (C=O) groups excluding carboxylic acids is 2. The molecule has 6 atom stereocenters. The normalized spacial score (nSPS) is 47.9. The lowest BCUT2D eigenvalue weighted by atomic mass is 9.44. The first-order valence-corrected chi connectivity index (χ1v) is 9.36. The highest BCUT2D eigenvalue weighted by Crippen LogP contribution is 2.66. The molecule has 132 valence electrons. The summed E-state index contributed by atoms with van der Waals surface area (Å²) >= 11 is 0. The highest BCUT2D eigenvalue weighted by Gasteiger charge is 2.62. The molecule has 0 bridgehead atoms. The molecule has 24 heavy (non-hydrogen) atoms. The molecule has 4 rings (SSSR count). The van der Waals surface area contributed by atoms with Gasteiger partial charge >= 0.3 is 0 Å². The minimum absolute atomic E-state index is 0.0233. The number of hydrogen-bond acceptors (Lipinski definition) is 2. The van der Waals surface area contributed by atoms with Crippen LogP contribution in [0.4, 0.5) is 8.78 Å². The second kappa shape index (κ2) is 5.22. The van der Waals surface area contributed by atoms with Gasteiger partial charge in [-0.15, -0.1) is 0 Å². The molecule has 4 heteroatoms. The van der Waals surface area contributed by atoms with Gasteiger partial charge in [-0.25, -0.2) is 0 Å². The topological polar surface area (TPSA) is 34.1 Å². The van der Waals surface area contributed by atoms with Crippen LogP contribution in [0.2, 0.25) is 0 Å². The van der Waals surface area contributed by atoms with Gasteiger partial charge in [0.1, 0.15) is 11.6 Å². The lowest BCUT2D eigenvalue weighted by Crippen LogP contribution is -2.54. The van der Waals surface area contributed by atoms with Crippen LogP contribution in [0, 0.1) is 34.5 Å². The largest absolute Gasteiger partial charge is 0.300 e. The average Bonchev–Trinajstić information content (AvgIpc) is 2.83. The van der Waals surface area contributed by atoms with Gasteiger partial charge < -0.3 is 0 Å². The summed E-state index contributed by atoms with van der Waals surface area (Å²) in [5.41, 5.74) is -0.150. The number of allylic oxidation sites excluding steroid dienone is 1. The molecule has 0 aromatic carbocycles. The van der Waals surface area contributed by atoms with Crippen molar-refractivity contribution in [2.75, 3.05) is 0 Å². The lowest BCUT2D eigenvalue weighted by molar-refractivity contribution is -0.138. The van der Waals surface area contributed by atoms with Crippen LogP contribution in [0.3, 0.4) is 0 Å². The number of ketones is 2. The Bertz CT molecular complexity index is 636. The van der Waals surface area contributed by atoms with E-state index in [-0.39, 0.29) is 46.2 Å². The number of rotatable bonds is 0. The van der Waals surface area contributed by atoms with Crippen molar-refractivity contribution in [1.82, 2.24) is 0 Å². The molecule has 4 aliphatic carbocycles. The molecule has 0 N–H and O–H groups in total. The summed E-state index contributed by atoms with van der Waals surface area (Å²) in [4.78, 5) is 24.4. The van der Waals surface area contributed by atoms with Crippen LogP contribution in [0.5, 0.6) is 0 Å². The van der Waals surface area contributed by atoms with Gasteiger partial charge in [-0.05, 0) is 66.8 Å². The van der Waals surface area contributed by atoms with Crippen molar-refractivity contribution in [2.45, 2.75) is 65.2 Å². The van der Waals surface area contributed by atoms with Gasteiger partial charge in [0.25, 0.3) is 6.08 Å². The molecule has 0 aliphatic heterocycles. The maximum absolute atomic E-state index is 13.9. The summed E-state index contributed by atoms with van der Waals surface area (Å²) in [5.74, 6) is 0.662. The molecule has 0 spiro atoms. The summed E-state index contributed by atoms with van der Waals surface area (Å²) in [7, 11) is 0. The zero-order valence-electron chi connectivity index (χ0n) is 14.5. The van der Waals surface area contributed by atoms with Crippen LogP contribution in [0.25, 0.3) is 0 Å². The van der Waals surface area contributed by atoms with E-state index in [1.807, 2.05) is 6.92 Å². The SMILES string of the molecule is C[C@]12CCC3C(C(=C(F)F)C[C@H]4CC(=O)CC[C@]34C)C1CCC2=O. The van der Waals surface area contributed by atoms with Gasteiger partial charge in [0.05, 0.1) is 0 Å². The Morgan fingerprint density at radius 2 is 1.75 bits per heavy atom. The Morgan fingerprint density at radius 1 is 1.00 bits per heavy atom. The van der Waals surface area contributed by atoms with E-state index < -0.39 is 11.5 Å². The number of hydrogen-bond donors (Lipinski definition) is 0. The Morgan fingerprint density at radius 3 is 2.46 bits per heavy atom. The quantitative estimate of drug-likeness (QED) is 0.629. The van der Waals surface area contributed by atoms with Crippen molar-refractivity contribution in [1.29, 1.82) is 0 Å². The summed E-state index contributed by atoms with van der Waals surface area (Å²) in [6, 6.07) is 0. The average molecular weight is 336 g/mol. The van der Waals surface area contributed by atoms with E-state index in [4.69, 9.17) is 0 Å². The second-order valence-electron chi connectivity index (χ2n) is 9.09. The maximum Gasteiger partial charge on any atom is 0.269 e. The maximum atomic E-state index is 13.9. The number of halogens is 2. The highest BCUT2D eigenvalue weighted by molar-refractivity contribution is 5.87. The van der Waals surface area contributed by atoms with Gasteiger partial charge in [0, 0.05) is 24.7 Å². The fourth-order valence-electron chi connectivity index (χ4n) is 6.76. The van der Waals surface area contributed by atoms with E-state index in [0.29, 0.717) is 25.7 Å². The first kappa shape index (κ1) is 16.4. The zero-order valence-corrected chi connectivity index (χ0v) is 14.5. The van der Waals surface area contributed by atoms with Crippen molar-refractivity contribution in [3.05, 3.63) is 11.7 Å². The molecule has 4 aliphatic rings. The molecular formula is C20H26F2O2. The summed E-state index contributed by atoms with van der Waals surface area (Å²) in [5, 5.41) is 0. The molecule has 0 heterocycles. The fourth-order valence-corrected chi connectivity index (χ4v) is 6.76. The Kier molecular flexibility index (Phi) is 3.57. The predicted molar refractivity (Wildman–Crippen MR) is 86.4 cm³/mol. The van der Waals surface area contributed by atoms with Crippen LogP contribution in [-0.4, -0.2) is 11.6 Å². The summed E-state index contributed by atoms with van der Waals surface area (Å²) in [6.07, 6.45) is 3.66. The van der Waals surface area contributed by atoms with E-state index in [1.54, 1.807) is 0 Å². The van der Waals surface area contributed by atoms with E-state index in [2.05, 4.69) is 6.92 Å². The molecule has 0 radical (unpaired) electrons. The third kappa shape index (κ3) is 2.04. The minimum Gasteiger partial charge on any atom is -0.300 e. The van der Waals surface area contributed by atoms with Crippen molar-refractivity contribution in [3.8, 4) is 0 Å². The van der Waals surface area contributed by atoms with Crippen LogP contribution in [0.1, 0.15) is 65.2 Å². The van der Waals surface area contributed by atoms with Gasteiger partial charge in [0.15, 0.2) is 0 Å². The molecule has 3 unspecified atom stereocenters. The number of fused-ring (bicyclic) bond motifs is 5. The summed E-state index contributed by atoms with van der Waals surface area (Å²) < 4.78 is 27.7. The van der Waals surface area contributed by atoms with Crippen LogP contribution >= 0.6 is 0 Å². The zero-order chi connectivity index (χ0) is 17.3. The molecule has 0 aromatic rings. The molecule has 4 saturated carbocycles. The second-order valence-corrected chi connectivity index (χ2v) is 9.09. The van der Waals surface area contributed by atoms with E-state index in [1.165, 1.54) is 0 Å². The lowest BCUT2D eigenvalue weighted by Gasteiger charge is -2.59. The van der Waals surface area contributed by atoms with Crippen LogP contribution in [0.15, 0.2) is 11.7 Å². The molecule has 0 saturated heterocycles. The smallest absolute Gasteiger partial charge is 0.269 e. The number of carbonyl (C=O) groups is 2. The van der Waals surface area contributed by atoms with Gasteiger partial charge in [-0.3, -0.25) is 9.59 Å². The minimum atomic E-state index is -1.55. The van der Waals surface area contributed by atoms with Crippen LogP contribution in [-0.2, 0) is 9.59 Å². The monoisotopic (exact) mass is 336 g/mol. The molecule has 2 nitrogen and oxygen atoms in total. The van der Waals surface area contributed by atoms with Crippen molar-refractivity contribution < 1.29 is 18.4 Å². The van der Waals surface area contributed by atoms with E-state index in [9.17, 15) is 18.4 Å². The molecule has 4 fully saturated rings. The Hall–Kier alpha value is -1.06. The standard InChI is InChI=1S/C20H26F2O2/c1-19-7-5-12(23)9-11(19)10-13(18(21)22)17-14-3-4-16(24)20(14,2)8-6-15(17)19/h11,14-15,17H,3-10H2,1-2H3/t11-,14?,15?,17?,19+,20+/m1/s1. The third-order valence-corrected chi connectivity index (χ3v) is 8.29. The Labute approximate surface area is 142 Å². The highest BCUT2D eigenvalue weighted by atomic mass is 19.3. The van der Waals surface area contributed by atoms with Gasteiger partial charge in [-0.2, -0.15) is 8.78 Å². The molecular weight excluding hydrogens is 310 g/mol. The molecule has 0 amide bonds. The molecule has 0 aromatic heterocycles. The van der Waals surface area contributed by atoms with E-state index >= 15 is 0 Å². The number of Topliss-reactive ketones (excluding diaryl/α,β-unsaturated/α-hetero) is 2. The van der Waals surface area contributed by atoms with Gasteiger partial charge in [0.2, 0.25) is 0 Å².